The summed E-state index contributed by atoms with van der Waals surface area (Å²) in [6.07, 6.45) is -7.49. The van der Waals surface area contributed by atoms with Crippen molar-refractivity contribution in [2.24, 2.45) is 0 Å². The lowest BCUT2D eigenvalue weighted by atomic mass is 10.0. The Bertz CT molecular complexity index is 644. The third-order valence-electron chi connectivity index (χ3n) is 3.39. The molecule has 0 amide bonds. The number of alkyl halides is 6. The second-order valence-corrected chi connectivity index (χ2v) is 6.23. The third kappa shape index (κ3) is 6.65. The van der Waals surface area contributed by atoms with Gasteiger partial charge in [0, 0.05) is 11.9 Å². The average Bonchev–Trinajstić information content (AvgIpc) is 2.54. The van der Waals surface area contributed by atoms with Crippen LogP contribution in [-0.4, -0.2) is 9.97 Å². The van der Waals surface area contributed by atoms with Crippen molar-refractivity contribution >= 4 is 0 Å². The Morgan fingerprint density at radius 1 is 0.769 bits per heavy atom. The molecule has 144 valence electrons. The van der Waals surface area contributed by atoms with Crippen molar-refractivity contribution in [3.63, 3.8) is 0 Å². The molecule has 8 heteroatoms. The lowest BCUT2D eigenvalue weighted by Crippen LogP contribution is -2.09. The van der Waals surface area contributed by atoms with Gasteiger partial charge < -0.3 is 0 Å². The molecule has 2 aromatic rings. The molecule has 0 aromatic carbocycles. The van der Waals surface area contributed by atoms with Crippen LogP contribution in [0.1, 0.15) is 62.2 Å². The van der Waals surface area contributed by atoms with Gasteiger partial charge in [-0.2, -0.15) is 26.3 Å². The molecule has 0 radical (unpaired) electrons. The normalized spacial score (nSPS) is 12.2. The van der Waals surface area contributed by atoms with Crippen molar-refractivity contribution in [3.05, 3.63) is 59.2 Å². The summed E-state index contributed by atoms with van der Waals surface area (Å²) >= 11 is 0. The number of pyridine rings is 2. The topological polar surface area (TPSA) is 25.8 Å². The molecule has 0 aliphatic heterocycles. The van der Waals surface area contributed by atoms with Crippen LogP contribution in [0.4, 0.5) is 26.3 Å². The van der Waals surface area contributed by atoms with Crippen LogP contribution in [0.2, 0.25) is 0 Å². The molecule has 0 aliphatic rings. The molecule has 0 saturated carbocycles. The van der Waals surface area contributed by atoms with Crippen molar-refractivity contribution in [2.75, 3.05) is 0 Å². The van der Waals surface area contributed by atoms with Crippen LogP contribution >= 0.6 is 0 Å². The van der Waals surface area contributed by atoms with Crippen molar-refractivity contribution in [1.29, 1.82) is 0 Å². The second kappa shape index (κ2) is 8.51. The molecule has 2 nitrogen and oxygen atoms in total. The van der Waals surface area contributed by atoms with Gasteiger partial charge in [0.15, 0.2) is 0 Å². The molecule has 0 unspecified atom stereocenters. The largest absolute Gasteiger partial charge is 0.433 e. The van der Waals surface area contributed by atoms with Crippen molar-refractivity contribution in [1.82, 2.24) is 9.97 Å². The first-order valence-corrected chi connectivity index (χ1v) is 7.89. The predicted octanol–water partition coefficient (Wildman–Crippen LogP) is 6.45. The summed E-state index contributed by atoms with van der Waals surface area (Å²) < 4.78 is 73.0. The molecule has 2 rings (SSSR count). The summed E-state index contributed by atoms with van der Waals surface area (Å²) in [5, 5.41) is 0. The molecule has 2 aromatic heterocycles. The Balaban J connectivity index is 0.000000260. The van der Waals surface area contributed by atoms with E-state index in [1.807, 2.05) is 27.7 Å². The monoisotopic (exact) mass is 378 g/mol. The van der Waals surface area contributed by atoms with Gasteiger partial charge in [-0.15, -0.1) is 0 Å². The van der Waals surface area contributed by atoms with E-state index in [4.69, 9.17) is 0 Å². The first kappa shape index (κ1) is 21.9. The Kier molecular flexibility index (Phi) is 7.17. The summed E-state index contributed by atoms with van der Waals surface area (Å²) in [5.74, 6) is 0.103. The fourth-order valence-corrected chi connectivity index (χ4v) is 1.89. The summed E-state index contributed by atoms with van der Waals surface area (Å²) in [4.78, 5) is 6.79. The van der Waals surface area contributed by atoms with Gasteiger partial charge in [0.05, 0.1) is 0 Å². The Morgan fingerprint density at radius 2 is 1.35 bits per heavy atom. The number of aromatic nitrogens is 2. The molecule has 26 heavy (non-hydrogen) atoms. The molecule has 0 bridgehead atoms. The van der Waals surface area contributed by atoms with E-state index in [0.717, 1.165) is 12.1 Å². The molecular formula is C18H20F6N2. The highest BCUT2D eigenvalue weighted by Crippen LogP contribution is 2.29. The zero-order chi connectivity index (χ0) is 20.1. The number of rotatable bonds is 2. The van der Waals surface area contributed by atoms with Crippen LogP contribution in [-0.2, 0) is 12.4 Å². The Morgan fingerprint density at radius 3 is 1.81 bits per heavy atom. The Hall–Kier alpha value is -2.12. The van der Waals surface area contributed by atoms with Gasteiger partial charge in [0.25, 0.3) is 0 Å². The van der Waals surface area contributed by atoms with Crippen LogP contribution in [0, 0.1) is 0 Å². The molecule has 0 N–H and O–H groups in total. The highest BCUT2D eigenvalue weighted by Gasteiger charge is 2.33. The van der Waals surface area contributed by atoms with Crippen LogP contribution < -0.4 is 0 Å². The lowest BCUT2D eigenvalue weighted by molar-refractivity contribution is -0.142. The number of nitrogens with zero attached hydrogens (tertiary/aromatic N) is 2. The molecule has 0 atom stereocenters. The van der Waals surface area contributed by atoms with Gasteiger partial charge >= 0.3 is 12.4 Å². The van der Waals surface area contributed by atoms with Crippen LogP contribution in [0.5, 0.6) is 0 Å². The maximum absolute atomic E-state index is 12.2. The molecule has 0 spiro atoms. The van der Waals surface area contributed by atoms with E-state index in [9.17, 15) is 26.3 Å². The van der Waals surface area contributed by atoms with Gasteiger partial charge in [-0.1, -0.05) is 33.8 Å². The number of hydrogen-bond donors (Lipinski definition) is 0. The first-order chi connectivity index (χ1) is 11.8. The highest BCUT2D eigenvalue weighted by molar-refractivity contribution is 5.21. The summed E-state index contributed by atoms with van der Waals surface area (Å²) in [6.45, 7) is 7.30. The Labute approximate surface area is 148 Å². The number of halogens is 6. The summed E-state index contributed by atoms with van der Waals surface area (Å²) in [7, 11) is 0. The van der Waals surface area contributed by atoms with Gasteiger partial charge in [-0.05, 0) is 41.7 Å². The molecule has 0 aliphatic carbocycles. The third-order valence-corrected chi connectivity index (χ3v) is 3.39. The smallest absolute Gasteiger partial charge is 0.252 e. The van der Waals surface area contributed by atoms with Crippen LogP contribution in [0.3, 0.4) is 0 Å². The zero-order valence-corrected chi connectivity index (χ0v) is 14.8. The van der Waals surface area contributed by atoms with Crippen molar-refractivity contribution in [2.45, 2.75) is 51.9 Å². The SMILES string of the molecule is CC(C)c1cccc(C(F)(F)F)n1.CC(C)c1ccnc(C(F)(F)F)c1. The molecule has 0 saturated heterocycles. The highest BCUT2D eigenvalue weighted by atomic mass is 19.4. The van der Waals surface area contributed by atoms with Gasteiger partial charge in [-0.25, -0.2) is 4.98 Å². The summed E-state index contributed by atoms with van der Waals surface area (Å²) in [6, 6.07) is 6.64. The predicted molar refractivity (Wildman–Crippen MR) is 86.7 cm³/mol. The quantitative estimate of drug-likeness (QED) is 0.562. The summed E-state index contributed by atoms with van der Waals surface area (Å²) in [5.41, 5.74) is -0.519. The van der Waals surface area contributed by atoms with E-state index >= 15 is 0 Å². The van der Waals surface area contributed by atoms with E-state index in [1.165, 1.54) is 12.3 Å². The average molecular weight is 378 g/mol. The second-order valence-electron chi connectivity index (χ2n) is 6.23. The van der Waals surface area contributed by atoms with E-state index in [1.54, 1.807) is 12.1 Å². The van der Waals surface area contributed by atoms with Crippen LogP contribution in [0.25, 0.3) is 0 Å². The maximum Gasteiger partial charge on any atom is 0.433 e. The minimum absolute atomic E-state index is 0.0160. The van der Waals surface area contributed by atoms with Crippen molar-refractivity contribution in [3.8, 4) is 0 Å². The van der Waals surface area contributed by atoms with Gasteiger partial charge in [0.2, 0.25) is 0 Å². The van der Waals surface area contributed by atoms with Gasteiger partial charge in [-0.3, -0.25) is 4.98 Å². The van der Waals surface area contributed by atoms with E-state index in [-0.39, 0.29) is 11.8 Å². The fourth-order valence-electron chi connectivity index (χ4n) is 1.89. The van der Waals surface area contributed by atoms with E-state index in [0.29, 0.717) is 11.3 Å². The van der Waals surface area contributed by atoms with E-state index < -0.39 is 23.7 Å². The van der Waals surface area contributed by atoms with E-state index in [2.05, 4.69) is 9.97 Å². The lowest BCUT2D eigenvalue weighted by Gasteiger charge is -2.09. The molecule has 0 fully saturated rings. The van der Waals surface area contributed by atoms with Crippen molar-refractivity contribution < 1.29 is 26.3 Å². The van der Waals surface area contributed by atoms with Gasteiger partial charge in [0.1, 0.15) is 11.4 Å². The maximum atomic E-state index is 12.2. The zero-order valence-electron chi connectivity index (χ0n) is 14.8. The minimum Gasteiger partial charge on any atom is -0.252 e. The molecular weight excluding hydrogens is 358 g/mol. The fraction of sp³-hybridized carbons (Fsp3) is 0.444. The first-order valence-electron chi connectivity index (χ1n) is 7.89. The molecule has 2 heterocycles. The standard InChI is InChI=1S/2C9H10F3N/c1-6(2)7-3-4-13-8(5-7)9(10,11)12;1-6(2)7-4-3-5-8(13-7)9(10,11)12/h2*3-6H,1-2H3. The number of hydrogen-bond acceptors (Lipinski definition) is 2. The minimum atomic E-state index is -4.34. The van der Waals surface area contributed by atoms with Crippen LogP contribution in [0.15, 0.2) is 36.5 Å².